The number of rotatable bonds is 6. The van der Waals surface area contributed by atoms with Crippen LogP contribution in [0.3, 0.4) is 0 Å². The highest BCUT2D eigenvalue weighted by Crippen LogP contribution is 2.26. The van der Waals surface area contributed by atoms with Crippen molar-refractivity contribution in [1.82, 2.24) is 15.5 Å². The van der Waals surface area contributed by atoms with Crippen molar-refractivity contribution in [2.75, 3.05) is 27.2 Å². The lowest BCUT2D eigenvalue weighted by atomic mass is 9.83. The van der Waals surface area contributed by atoms with Crippen LogP contribution >= 0.6 is 0 Å². The highest BCUT2D eigenvalue weighted by molar-refractivity contribution is 5.76. The van der Waals surface area contributed by atoms with E-state index in [0.29, 0.717) is 31.5 Å². The predicted molar refractivity (Wildman–Crippen MR) is 79.3 cm³/mol. The molecule has 4 N–H and O–H groups in total. The minimum atomic E-state index is -0.143. The highest BCUT2D eigenvalue weighted by atomic mass is 16.2. The van der Waals surface area contributed by atoms with Crippen LogP contribution in [0.5, 0.6) is 0 Å². The van der Waals surface area contributed by atoms with Gasteiger partial charge in [-0.25, -0.2) is 4.79 Å². The molecular formula is C14H28N4O2. The molecular weight excluding hydrogens is 256 g/mol. The quantitative estimate of drug-likeness (QED) is 0.627. The zero-order chi connectivity index (χ0) is 15.0. The Balaban J connectivity index is 2.04. The number of urea groups is 1. The molecule has 0 saturated heterocycles. The van der Waals surface area contributed by atoms with Crippen LogP contribution < -0.4 is 16.4 Å². The summed E-state index contributed by atoms with van der Waals surface area (Å²) in [7, 11) is 3.37. The van der Waals surface area contributed by atoms with Gasteiger partial charge in [0.25, 0.3) is 0 Å². The smallest absolute Gasteiger partial charge is 0.316 e. The van der Waals surface area contributed by atoms with Crippen LogP contribution in [0.25, 0.3) is 0 Å². The van der Waals surface area contributed by atoms with Crippen molar-refractivity contribution < 1.29 is 9.59 Å². The number of hydrogen-bond acceptors (Lipinski definition) is 3. The van der Waals surface area contributed by atoms with Gasteiger partial charge >= 0.3 is 6.03 Å². The molecule has 6 heteroatoms. The van der Waals surface area contributed by atoms with Crippen LogP contribution in [-0.4, -0.2) is 50.1 Å². The molecule has 0 heterocycles. The Morgan fingerprint density at radius 3 is 2.55 bits per heavy atom. The van der Waals surface area contributed by atoms with Gasteiger partial charge in [-0.15, -0.1) is 0 Å². The summed E-state index contributed by atoms with van der Waals surface area (Å²) in [5.74, 6) is 0.654. The van der Waals surface area contributed by atoms with Crippen molar-refractivity contribution >= 4 is 11.9 Å². The van der Waals surface area contributed by atoms with Crippen molar-refractivity contribution in [1.29, 1.82) is 0 Å². The largest absolute Gasteiger partial charge is 0.354 e. The first-order valence-corrected chi connectivity index (χ1v) is 7.46. The van der Waals surface area contributed by atoms with Gasteiger partial charge in [0.15, 0.2) is 0 Å². The zero-order valence-corrected chi connectivity index (χ0v) is 12.7. The number of amides is 3. The first kappa shape index (κ1) is 16.8. The van der Waals surface area contributed by atoms with Crippen LogP contribution in [0.1, 0.15) is 38.5 Å². The topological polar surface area (TPSA) is 87.5 Å². The third kappa shape index (κ3) is 6.75. The summed E-state index contributed by atoms with van der Waals surface area (Å²) in [6.07, 6.45) is 6.02. The standard InChI is InChI=1S/C14H28N4O2/c1-18(2)14(20)17-9-8-16-13(19)7-6-11-4-3-5-12(15)10-11/h11-12H,3-10,15H2,1-2H3,(H,16,19)(H,17,20). The first-order chi connectivity index (χ1) is 9.49. The Morgan fingerprint density at radius 1 is 1.20 bits per heavy atom. The maximum Gasteiger partial charge on any atom is 0.316 e. The van der Waals surface area contributed by atoms with E-state index >= 15 is 0 Å². The fraction of sp³-hybridized carbons (Fsp3) is 0.857. The Kier molecular flexibility index (Phi) is 7.36. The second kappa shape index (κ2) is 8.79. The third-order valence-electron chi connectivity index (χ3n) is 3.73. The maximum absolute atomic E-state index is 11.7. The maximum atomic E-state index is 11.7. The molecule has 0 spiro atoms. The molecule has 2 unspecified atom stereocenters. The molecule has 1 aliphatic rings. The van der Waals surface area contributed by atoms with Gasteiger partial charge in [-0.3, -0.25) is 4.79 Å². The lowest BCUT2D eigenvalue weighted by Crippen LogP contribution is -2.39. The number of carbonyl (C=O) groups is 2. The van der Waals surface area contributed by atoms with E-state index in [0.717, 1.165) is 19.3 Å². The molecule has 0 aliphatic heterocycles. The lowest BCUT2D eigenvalue weighted by Gasteiger charge is -2.26. The van der Waals surface area contributed by atoms with E-state index in [1.54, 1.807) is 14.1 Å². The van der Waals surface area contributed by atoms with E-state index in [2.05, 4.69) is 10.6 Å². The molecule has 20 heavy (non-hydrogen) atoms. The monoisotopic (exact) mass is 284 g/mol. The summed E-state index contributed by atoms with van der Waals surface area (Å²) < 4.78 is 0. The molecule has 1 aliphatic carbocycles. The molecule has 0 aromatic rings. The molecule has 1 saturated carbocycles. The second-order valence-electron chi connectivity index (χ2n) is 5.81. The number of nitrogens with two attached hydrogens (primary N) is 1. The molecule has 0 radical (unpaired) electrons. The number of carbonyl (C=O) groups excluding carboxylic acids is 2. The van der Waals surface area contributed by atoms with Crippen molar-refractivity contribution in [2.24, 2.45) is 11.7 Å². The SMILES string of the molecule is CN(C)C(=O)NCCNC(=O)CCC1CCCC(N)C1. The Morgan fingerprint density at radius 2 is 1.90 bits per heavy atom. The fourth-order valence-electron chi connectivity index (χ4n) is 2.55. The summed E-state index contributed by atoms with van der Waals surface area (Å²) in [5, 5.41) is 5.53. The molecule has 0 aromatic carbocycles. The normalized spacial score (nSPS) is 22.1. The van der Waals surface area contributed by atoms with Crippen LogP contribution in [0, 0.1) is 5.92 Å². The molecule has 116 valence electrons. The number of nitrogens with zero attached hydrogens (tertiary/aromatic N) is 1. The first-order valence-electron chi connectivity index (χ1n) is 7.46. The molecule has 3 amide bonds. The van der Waals surface area contributed by atoms with Gasteiger partial charge in [0.05, 0.1) is 0 Å². The van der Waals surface area contributed by atoms with Gasteiger partial charge in [-0.2, -0.15) is 0 Å². The van der Waals surface area contributed by atoms with E-state index in [1.165, 1.54) is 17.7 Å². The van der Waals surface area contributed by atoms with Gasteiger partial charge in [-0.05, 0) is 25.2 Å². The van der Waals surface area contributed by atoms with Crippen LogP contribution in [0.4, 0.5) is 4.79 Å². The minimum Gasteiger partial charge on any atom is -0.354 e. The summed E-state index contributed by atoms with van der Waals surface area (Å²) in [4.78, 5) is 24.4. The molecule has 6 nitrogen and oxygen atoms in total. The van der Waals surface area contributed by atoms with E-state index in [4.69, 9.17) is 5.73 Å². The average Bonchev–Trinajstić information content (AvgIpc) is 2.41. The second-order valence-corrected chi connectivity index (χ2v) is 5.81. The van der Waals surface area contributed by atoms with E-state index in [9.17, 15) is 9.59 Å². The fourth-order valence-corrected chi connectivity index (χ4v) is 2.55. The Labute approximate surface area is 121 Å². The molecule has 1 rings (SSSR count). The average molecular weight is 284 g/mol. The van der Waals surface area contributed by atoms with Gasteiger partial charge in [0.2, 0.25) is 5.91 Å². The summed E-state index contributed by atoms with van der Waals surface area (Å²) in [5.41, 5.74) is 5.94. The summed E-state index contributed by atoms with van der Waals surface area (Å²) in [6, 6.07) is 0.175. The zero-order valence-electron chi connectivity index (χ0n) is 12.7. The number of hydrogen-bond donors (Lipinski definition) is 3. The van der Waals surface area contributed by atoms with Crippen molar-refractivity contribution in [3.05, 3.63) is 0 Å². The number of nitrogens with one attached hydrogen (secondary N) is 2. The van der Waals surface area contributed by atoms with E-state index in [-0.39, 0.29) is 11.9 Å². The van der Waals surface area contributed by atoms with Crippen LogP contribution in [-0.2, 0) is 4.79 Å². The van der Waals surface area contributed by atoms with Gasteiger partial charge in [-0.1, -0.05) is 12.8 Å². The van der Waals surface area contributed by atoms with E-state index in [1.807, 2.05) is 0 Å². The van der Waals surface area contributed by atoms with Crippen molar-refractivity contribution in [2.45, 2.75) is 44.6 Å². The highest BCUT2D eigenvalue weighted by Gasteiger charge is 2.19. The van der Waals surface area contributed by atoms with E-state index < -0.39 is 0 Å². The predicted octanol–water partition coefficient (Wildman–Crippen LogP) is 0.672. The Bertz CT molecular complexity index is 320. The minimum absolute atomic E-state index is 0.0586. The van der Waals surface area contributed by atoms with Gasteiger partial charge in [0, 0.05) is 39.6 Å². The lowest BCUT2D eigenvalue weighted by molar-refractivity contribution is -0.121. The third-order valence-corrected chi connectivity index (χ3v) is 3.73. The summed E-state index contributed by atoms with van der Waals surface area (Å²) in [6.45, 7) is 0.930. The summed E-state index contributed by atoms with van der Waals surface area (Å²) >= 11 is 0. The molecule has 0 aromatic heterocycles. The molecule has 0 bridgehead atoms. The molecule has 1 fully saturated rings. The Hall–Kier alpha value is -1.30. The van der Waals surface area contributed by atoms with Crippen LogP contribution in [0.2, 0.25) is 0 Å². The van der Waals surface area contributed by atoms with Crippen molar-refractivity contribution in [3.8, 4) is 0 Å². The van der Waals surface area contributed by atoms with Crippen LogP contribution in [0.15, 0.2) is 0 Å². The molecule has 2 atom stereocenters. The van der Waals surface area contributed by atoms with Gasteiger partial charge in [0.1, 0.15) is 0 Å². The van der Waals surface area contributed by atoms with Crippen molar-refractivity contribution in [3.63, 3.8) is 0 Å². The van der Waals surface area contributed by atoms with Gasteiger partial charge < -0.3 is 21.3 Å².